The predicted octanol–water partition coefficient (Wildman–Crippen LogP) is 1.66. The predicted molar refractivity (Wildman–Crippen MR) is 71.1 cm³/mol. The molecule has 3 N–H and O–H groups in total. The Morgan fingerprint density at radius 2 is 2.29 bits per heavy atom. The van der Waals surface area contributed by atoms with Crippen LogP contribution >= 0.6 is 0 Å². The lowest BCUT2D eigenvalue weighted by atomic mass is 10.1. The maximum absolute atomic E-state index is 9.00. The first-order valence-corrected chi connectivity index (χ1v) is 6.40. The van der Waals surface area contributed by atoms with Gasteiger partial charge in [-0.1, -0.05) is 18.2 Å². The molecule has 94 valence electrons. The monoisotopic (exact) mass is 234 g/mol. The van der Waals surface area contributed by atoms with Crippen molar-refractivity contribution in [1.29, 1.82) is 0 Å². The quantitative estimate of drug-likeness (QED) is 0.833. The number of aliphatic hydroxyl groups is 1. The molecule has 3 heteroatoms. The Bertz CT molecular complexity index is 378. The van der Waals surface area contributed by atoms with Crippen LogP contribution in [0, 0.1) is 12.8 Å². The molecule has 0 aliphatic carbocycles. The number of para-hydroxylation sites is 1. The topological polar surface area (TPSA) is 49.5 Å². The normalized spacial score (nSPS) is 19.9. The molecule has 1 unspecified atom stereocenters. The molecule has 1 aliphatic rings. The molecule has 1 aliphatic heterocycles. The number of nitrogens with zero attached hydrogens (tertiary/aromatic N) is 1. The van der Waals surface area contributed by atoms with Gasteiger partial charge in [-0.25, -0.2) is 0 Å². The molecule has 1 aromatic rings. The lowest BCUT2D eigenvalue weighted by Crippen LogP contribution is -2.23. The van der Waals surface area contributed by atoms with Crippen LogP contribution < -0.4 is 10.6 Å². The van der Waals surface area contributed by atoms with Gasteiger partial charge in [0, 0.05) is 31.9 Å². The van der Waals surface area contributed by atoms with E-state index in [1.165, 1.54) is 23.2 Å². The van der Waals surface area contributed by atoms with E-state index in [1.807, 2.05) is 0 Å². The highest BCUT2D eigenvalue weighted by atomic mass is 16.3. The van der Waals surface area contributed by atoms with Crippen molar-refractivity contribution >= 4 is 5.69 Å². The van der Waals surface area contributed by atoms with Gasteiger partial charge in [-0.15, -0.1) is 0 Å². The molecular weight excluding hydrogens is 212 g/mol. The Kier molecular flexibility index (Phi) is 4.02. The summed E-state index contributed by atoms with van der Waals surface area (Å²) in [6, 6.07) is 6.33. The van der Waals surface area contributed by atoms with Crippen molar-refractivity contribution in [3.05, 3.63) is 29.3 Å². The molecule has 0 radical (unpaired) electrons. The van der Waals surface area contributed by atoms with Crippen molar-refractivity contribution in [3.8, 4) is 0 Å². The van der Waals surface area contributed by atoms with Gasteiger partial charge in [0.2, 0.25) is 0 Å². The molecule has 3 nitrogen and oxygen atoms in total. The minimum absolute atomic E-state index is 0.302. The van der Waals surface area contributed by atoms with Gasteiger partial charge in [-0.3, -0.25) is 0 Å². The van der Waals surface area contributed by atoms with Crippen LogP contribution in [0.1, 0.15) is 24.0 Å². The molecule has 1 heterocycles. The number of aliphatic hydroxyl groups excluding tert-OH is 1. The third kappa shape index (κ3) is 2.61. The fourth-order valence-corrected chi connectivity index (χ4v) is 2.79. The first-order chi connectivity index (χ1) is 8.26. The maximum Gasteiger partial charge on any atom is 0.0441 e. The average molecular weight is 234 g/mol. The lowest BCUT2D eigenvalue weighted by molar-refractivity contribution is 0.263. The van der Waals surface area contributed by atoms with Crippen molar-refractivity contribution < 1.29 is 5.11 Å². The fraction of sp³-hybridized carbons (Fsp3) is 0.571. The largest absolute Gasteiger partial charge is 0.396 e. The summed E-state index contributed by atoms with van der Waals surface area (Å²) in [4.78, 5) is 2.43. The van der Waals surface area contributed by atoms with E-state index in [0.29, 0.717) is 19.1 Å². The summed E-state index contributed by atoms with van der Waals surface area (Å²) < 4.78 is 0. The number of hydrogen-bond acceptors (Lipinski definition) is 3. The minimum Gasteiger partial charge on any atom is -0.396 e. The highest BCUT2D eigenvalue weighted by Crippen LogP contribution is 2.31. The van der Waals surface area contributed by atoms with Gasteiger partial charge in [0.25, 0.3) is 0 Å². The third-order valence-corrected chi connectivity index (χ3v) is 3.68. The number of benzene rings is 1. The molecule has 1 atom stereocenters. The Morgan fingerprint density at radius 1 is 1.47 bits per heavy atom. The van der Waals surface area contributed by atoms with Gasteiger partial charge in [-0.2, -0.15) is 0 Å². The van der Waals surface area contributed by atoms with Crippen LogP contribution in [-0.2, 0) is 6.54 Å². The second-order valence-corrected chi connectivity index (χ2v) is 4.90. The first-order valence-electron chi connectivity index (χ1n) is 6.40. The summed E-state index contributed by atoms with van der Waals surface area (Å²) in [5.41, 5.74) is 9.66. The van der Waals surface area contributed by atoms with Crippen LogP contribution in [0.25, 0.3) is 0 Å². The molecule has 1 fully saturated rings. The van der Waals surface area contributed by atoms with Crippen LogP contribution in [0.5, 0.6) is 0 Å². The summed E-state index contributed by atoms with van der Waals surface area (Å²) in [6.45, 7) is 5.18. The molecule has 0 bridgehead atoms. The van der Waals surface area contributed by atoms with Gasteiger partial charge in [-0.05, 0) is 36.8 Å². The van der Waals surface area contributed by atoms with Crippen molar-refractivity contribution in [2.45, 2.75) is 26.3 Å². The average Bonchev–Trinajstić information content (AvgIpc) is 2.77. The van der Waals surface area contributed by atoms with E-state index in [-0.39, 0.29) is 0 Å². The van der Waals surface area contributed by atoms with E-state index in [0.717, 1.165) is 19.5 Å². The SMILES string of the molecule is Cc1cccc(CN)c1N1CCC(CCO)C1. The molecule has 2 rings (SSSR count). The Labute approximate surface area is 103 Å². The summed E-state index contributed by atoms with van der Waals surface area (Å²) in [7, 11) is 0. The summed E-state index contributed by atoms with van der Waals surface area (Å²) in [5, 5.41) is 9.00. The molecule has 17 heavy (non-hydrogen) atoms. The van der Waals surface area contributed by atoms with Gasteiger partial charge in [0.15, 0.2) is 0 Å². The zero-order chi connectivity index (χ0) is 12.3. The Hall–Kier alpha value is -1.06. The van der Waals surface area contributed by atoms with Crippen molar-refractivity contribution in [2.75, 3.05) is 24.6 Å². The number of nitrogens with two attached hydrogens (primary N) is 1. The molecule has 0 amide bonds. The fourth-order valence-electron chi connectivity index (χ4n) is 2.79. The molecule has 1 saturated heterocycles. The summed E-state index contributed by atoms with van der Waals surface area (Å²) in [6.07, 6.45) is 2.10. The summed E-state index contributed by atoms with van der Waals surface area (Å²) >= 11 is 0. The number of aryl methyl sites for hydroxylation is 1. The second-order valence-electron chi connectivity index (χ2n) is 4.90. The minimum atomic E-state index is 0.302. The number of rotatable bonds is 4. The summed E-state index contributed by atoms with van der Waals surface area (Å²) in [5.74, 6) is 0.630. The molecule has 0 aromatic heterocycles. The van der Waals surface area contributed by atoms with Crippen LogP contribution in [0.2, 0.25) is 0 Å². The van der Waals surface area contributed by atoms with Crippen LogP contribution in [0.4, 0.5) is 5.69 Å². The molecule has 0 saturated carbocycles. The number of anilines is 1. The van der Waals surface area contributed by atoms with Crippen LogP contribution in [0.15, 0.2) is 18.2 Å². The highest BCUT2D eigenvalue weighted by molar-refractivity contribution is 5.60. The van der Waals surface area contributed by atoms with Crippen LogP contribution in [0.3, 0.4) is 0 Å². The third-order valence-electron chi connectivity index (χ3n) is 3.68. The smallest absolute Gasteiger partial charge is 0.0441 e. The standard InChI is InChI=1S/C14H22N2O/c1-11-3-2-4-13(9-15)14(11)16-7-5-12(10-16)6-8-17/h2-4,12,17H,5-10,15H2,1H3. The second kappa shape index (κ2) is 5.52. The van der Waals surface area contributed by atoms with E-state index in [4.69, 9.17) is 10.8 Å². The van der Waals surface area contributed by atoms with Crippen molar-refractivity contribution in [3.63, 3.8) is 0 Å². The molecule has 1 aromatic carbocycles. The van der Waals surface area contributed by atoms with Gasteiger partial charge >= 0.3 is 0 Å². The van der Waals surface area contributed by atoms with E-state index in [9.17, 15) is 0 Å². The number of hydrogen-bond donors (Lipinski definition) is 2. The lowest BCUT2D eigenvalue weighted by Gasteiger charge is -2.24. The Balaban J connectivity index is 2.18. The van der Waals surface area contributed by atoms with E-state index < -0.39 is 0 Å². The first kappa shape index (κ1) is 12.4. The van der Waals surface area contributed by atoms with Crippen molar-refractivity contribution in [2.24, 2.45) is 11.7 Å². The van der Waals surface area contributed by atoms with Crippen LogP contribution in [-0.4, -0.2) is 24.8 Å². The van der Waals surface area contributed by atoms with Gasteiger partial charge in [0.05, 0.1) is 0 Å². The van der Waals surface area contributed by atoms with Gasteiger partial charge in [0.1, 0.15) is 0 Å². The molecular formula is C14H22N2O. The zero-order valence-electron chi connectivity index (χ0n) is 10.5. The molecule has 0 spiro atoms. The Morgan fingerprint density at radius 3 is 3.00 bits per heavy atom. The van der Waals surface area contributed by atoms with Gasteiger partial charge < -0.3 is 15.7 Å². The highest BCUT2D eigenvalue weighted by Gasteiger charge is 2.24. The van der Waals surface area contributed by atoms with E-state index in [1.54, 1.807) is 0 Å². The maximum atomic E-state index is 9.00. The van der Waals surface area contributed by atoms with E-state index in [2.05, 4.69) is 30.0 Å². The van der Waals surface area contributed by atoms with E-state index >= 15 is 0 Å². The zero-order valence-corrected chi connectivity index (χ0v) is 10.5. The van der Waals surface area contributed by atoms with Crippen molar-refractivity contribution in [1.82, 2.24) is 0 Å².